The molecule has 20 heavy (non-hydrogen) atoms. The number of hydrogen-bond donors (Lipinski definition) is 1. The Morgan fingerprint density at radius 2 is 1.85 bits per heavy atom. The maximum Gasteiger partial charge on any atom is 0.296 e. The van der Waals surface area contributed by atoms with Gasteiger partial charge in [-0.2, -0.15) is 0 Å². The van der Waals surface area contributed by atoms with Gasteiger partial charge in [-0.15, -0.1) is 0 Å². The fraction of sp³-hybridized carbons (Fsp3) is 0.500. The van der Waals surface area contributed by atoms with E-state index in [1.54, 1.807) is 6.07 Å². The molecule has 1 aromatic rings. The summed E-state index contributed by atoms with van der Waals surface area (Å²) >= 11 is 0. The second-order valence-electron chi connectivity index (χ2n) is 5.23. The lowest BCUT2D eigenvalue weighted by atomic mass is 10.0. The predicted octanol–water partition coefficient (Wildman–Crippen LogP) is 3.08. The van der Waals surface area contributed by atoms with Crippen LogP contribution in [-0.2, 0) is 4.79 Å². The topological polar surface area (TPSA) is 49.4 Å². The van der Waals surface area contributed by atoms with Crippen molar-refractivity contribution >= 4 is 23.1 Å². The lowest BCUT2D eigenvalue weighted by molar-refractivity contribution is -0.112. The van der Waals surface area contributed by atoms with Gasteiger partial charge in [0.15, 0.2) is 0 Å². The molecular weight excluding hydrogens is 252 g/mol. The zero-order chi connectivity index (χ0) is 14.7. The number of nitrogens with zero attached hydrogens (tertiary/aromatic N) is 1. The molecule has 4 heteroatoms. The summed E-state index contributed by atoms with van der Waals surface area (Å²) in [6.07, 6.45) is 2.32. The predicted molar refractivity (Wildman–Crippen MR) is 81.4 cm³/mol. The molecule has 0 radical (unpaired) electrons. The SMILES string of the molecule is CCC(CC)CN(CC)c1ccc2c(c1)NC(=O)C2=O. The van der Waals surface area contributed by atoms with Crippen molar-refractivity contribution in [1.29, 1.82) is 0 Å². The Hall–Kier alpha value is -1.84. The first kappa shape index (κ1) is 14.6. The van der Waals surface area contributed by atoms with Crippen molar-refractivity contribution in [3.8, 4) is 0 Å². The largest absolute Gasteiger partial charge is 0.371 e. The normalized spacial score (nSPS) is 13.6. The van der Waals surface area contributed by atoms with Crippen LogP contribution in [0.4, 0.5) is 11.4 Å². The summed E-state index contributed by atoms with van der Waals surface area (Å²) in [6, 6.07) is 5.59. The summed E-state index contributed by atoms with van der Waals surface area (Å²) in [5.41, 5.74) is 2.19. The van der Waals surface area contributed by atoms with Gasteiger partial charge in [0.25, 0.3) is 11.7 Å². The quantitative estimate of drug-likeness (QED) is 0.811. The maximum atomic E-state index is 11.6. The highest BCUT2D eigenvalue weighted by molar-refractivity contribution is 6.51. The van der Waals surface area contributed by atoms with Crippen LogP contribution < -0.4 is 10.2 Å². The van der Waals surface area contributed by atoms with Crippen LogP contribution >= 0.6 is 0 Å². The molecule has 0 saturated heterocycles. The van der Waals surface area contributed by atoms with E-state index < -0.39 is 11.7 Å². The van der Waals surface area contributed by atoms with E-state index in [4.69, 9.17) is 0 Å². The van der Waals surface area contributed by atoms with Crippen LogP contribution in [0.1, 0.15) is 44.0 Å². The van der Waals surface area contributed by atoms with Crippen molar-refractivity contribution in [2.45, 2.75) is 33.6 Å². The van der Waals surface area contributed by atoms with E-state index in [1.807, 2.05) is 12.1 Å². The Morgan fingerprint density at radius 1 is 1.15 bits per heavy atom. The monoisotopic (exact) mass is 274 g/mol. The number of rotatable bonds is 6. The Morgan fingerprint density at radius 3 is 2.45 bits per heavy atom. The van der Waals surface area contributed by atoms with Crippen molar-refractivity contribution in [3.63, 3.8) is 0 Å². The zero-order valence-electron chi connectivity index (χ0n) is 12.4. The number of ketones is 1. The molecular formula is C16H22N2O2. The standard InChI is InChI=1S/C16H22N2O2/c1-4-11(5-2)10-18(6-3)12-7-8-13-14(9-12)17-16(20)15(13)19/h7-9,11H,4-6,10H2,1-3H3,(H,17,19,20). The Labute approximate surface area is 120 Å². The molecule has 0 saturated carbocycles. The summed E-state index contributed by atoms with van der Waals surface area (Å²) in [5, 5.41) is 2.63. The second-order valence-corrected chi connectivity index (χ2v) is 5.23. The molecule has 0 spiro atoms. The van der Waals surface area contributed by atoms with Crippen molar-refractivity contribution in [2.24, 2.45) is 5.92 Å². The van der Waals surface area contributed by atoms with Crippen LogP contribution in [-0.4, -0.2) is 24.8 Å². The number of benzene rings is 1. The summed E-state index contributed by atoms with van der Waals surface area (Å²) in [7, 11) is 0. The molecule has 1 aromatic carbocycles. The van der Waals surface area contributed by atoms with Crippen LogP contribution in [0.15, 0.2) is 18.2 Å². The molecule has 108 valence electrons. The van der Waals surface area contributed by atoms with Crippen molar-refractivity contribution < 1.29 is 9.59 Å². The molecule has 1 N–H and O–H groups in total. The Balaban J connectivity index is 2.22. The van der Waals surface area contributed by atoms with Crippen molar-refractivity contribution in [1.82, 2.24) is 0 Å². The first-order valence-corrected chi connectivity index (χ1v) is 7.35. The molecule has 2 rings (SSSR count). The lowest BCUT2D eigenvalue weighted by Gasteiger charge is -2.27. The number of amides is 1. The minimum atomic E-state index is -0.528. The van der Waals surface area contributed by atoms with Crippen molar-refractivity contribution in [3.05, 3.63) is 23.8 Å². The van der Waals surface area contributed by atoms with E-state index in [-0.39, 0.29) is 0 Å². The first-order valence-electron chi connectivity index (χ1n) is 7.35. The van der Waals surface area contributed by atoms with Gasteiger partial charge in [0.05, 0.1) is 11.3 Å². The third-order valence-corrected chi connectivity index (χ3v) is 4.08. The summed E-state index contributed by atoms with van der Waals surface area (Å²) in [4.78, 5) is 25.3. The van der Waals surface area contributed by atoms with Gasteiger partial charge in [0.2, 0.25) is 0 Å². The molecule has 0 fully saturated rings. The maximum absolute atomic E-state index is 11.6. The van der Waals surface area contributed by atoms with Gasteiger partial charge >= 0.3 is 0 Å². The third kappa shape index (κ3) is 2.69. The average Bonchev–Trinajstić information content (AvgIpc) is 2.75. The minimum absolute atomic E-state index is 0.436. The van der Waals surface area contributed by atoms with E-state index in [1.165, 1.54) is 0 Å². The van der Waals surface area contributed by atoms with Crippen LogP contribution in [0.3, 0.4) is 0 Å². The molecule has 1 heterocycles. The molecule has 0 aliphatic carbocycles. The number of hydrogen-bond acceptors (Lipinski definition) is 3. The zero-order valence-corrected chi connectivity index (χ0v) is 12.4. The molecule has 0 atom stereocenters. The molecule has 4 nitrogen and oxygen atoms in total. The number of nitrogens with one attached hydrogen (secondary N) is 1. The van der Waals surface area contributed by atoms with Crippen LogP contribution in [0, 0.1) is 5.92 Å². The van der Waals surface area contributed by atoms with Crippen LogP contribution in [0.2, 0.25) is 0 Å². The number of carbonyl (C=O) groups is 2. The number of fused-ring (bicyclic) bond motifs is 1. The Bertz CT molecular complexity index is 521. The van der Waals surface area contributed by atoms with Crippen LogP contribution in [0.25, 0.3) is 0 Å². The summed E-state index contributed by atoms with van der Waals surface area (Å²) in [5.74, 6) is -0.297. The van der Waals surface area contributed by atoms with E-state index in [0.29, 0.717) is 17.2 Å². The molecule has 1 aliphatic rings. The summed E-state index contributed by atoms with van der Waals surface area (Å²) in [6.45, 7) is 8.47. The van der Waals surface area contributed by atoms with Gasteiger partial charge in [-0.25, -0.2) is 0 Å². The smallest absolute Gasteiger partial charge is 0.296 e. The summed E-state index contributed by atoms with van der Waals surface area (Å²) < 4.78 is 0. The highest BCUT2D eigenvalue weighted by Gasteiger charge is 2.28. The number of anilines is 2. The van der Waals surface area contributed by atoms with Crippen LogP contribution in [0.5, 0.6) is 0 Å². The van der Waals surface area contributed by atoms with E-state index in [9.17, 15) is 9.59 Å². The number of Topliss-reactive ketones (excluding diaryl/α,β-unsaturated/α-hetero) is 1. The van der Waals surface area contributed by atoms with Gasteiger partial charge in [0.1, 0.15) is 0 Å². The minimum Gasteiger partial charge on any atom is -0.371 e. The molecule has 1 amide bonds. The number of carbonyl (C=O) groups excluding carboxylic acids is 2. The van der Waals surface area contributed by atoms with Gasteiger partial charge < -0.3 is 10.2 Å². The third-order valence-electron chi connectivity index (χ3n) is 4.08. The highest BCUT2D eigenvalue weighted by atomic mass is 16.2. The second kappa shape index (κ2) is 6.07. The molecule has 1 aliphatic heterocycles. The van der Waals surface area contributed by atoms with E-state index in [0.717, 1.165) is 31.6 Å². The van der Waals surface area contributed by atoms with Gasteiger partial charge in [0, 0.05) is 18.8 Å². The highest BCUT2D eigenvalue weighted by Crippen LogP contribution is 2.29. The molecule has 0 unspecified atom stereocenters. The first-order chi connectivity index (χ1) is 9.60. The fourth-order valence-electron chi connectivity index (χ4n) is 2.61. The van der Waals surface area contributed by atoms with E-state index >= 15 is 0 Å². The Kier molecular flexibility index (Phi) is 4.42. The fourth-order valence-corrected chi connectivity index (χ4v) is 2.61. The average molecular weight is 274 g/mol. The van der Waals surface area contributed by atoms with E-state index in [2.05, 4.69) is 31.0 Å². The molecule has 0 aromatic heterocycles. The van der Waals surface area contributed by atoms with Crippen molar-refractivity contribution in [2.75, 3.05) is 23.3 Å². The van der Waals surface area contributed by atoms with Gasteiger partial charge in [-0.3, -0.25) is 9.59 Å². The molecule has 0 bridgehead atoms. The van der Waals surface area contributed by atoms with Gasteiger partial charge in [-0.1, -0.05) is 26.7 Å². The van der Waals surface area contributed by atoms with Gasteiger partial charge in [-0.05, 0) is 31.0 Å². The lowest BCUT2D eigenvalue weighted by Crippen LogP contribution is -2.28.